The highest BCUT2D eigenvalue weighted by atomic mass is 35.5. The molecule has 3 saturated heterocycles. The summed E-state index contributed by atoms with van der Waals surface area (Å²) in [5.41, 5.74) is -2.33. The van der Waals surface area contributed by atoms with Crippen LogP contribution in [0.5, 0.6) is 0 Å². The number of alkyl halides is 3. The zero-order chi connectivity index (χ0) is 73.8. The number of nitrogens with one attached hydrogen (secondary N) is 3. The third kappa shape index (κ3) is 19.8. The van der Waals surface area contributed by atoms with Crippen molar-refractivity contribution in [1.82, 2.24) is 60.0 Å². The van der Waals surface area contributed by atoms with Crippen LogP contribution in [0, 0.1) is 23.7 Å². The standard InChI is InChI=1S/C73H110ClF3N12O12/c1-46(2)39-55-64(94)79-62(49-27-21-28-49)69(99)83(5)44-60(92)81(3)45-61(93)85(7)56(41-47-23-13-10-14-24-47)67(97)82(4)43-58(90)78-53(33-31-48-30-32-51(52(74)40-48)73(75,76)77)66(96)89-38-22-29-54(89)65(95)80-72(34-17-18-35-72)71(101)87(9)63(50-25-15-11-16-26-50)70(100)86(8)57(42-59(91)84(55)6)68(98)88-36-19-12-20-37-88/h30,32,40,46-47,49-50,53-57,62-63H,10-29,31,33-39,41-45H2,1-9H3,(H,78,90)(H,79,94)(H,80,95)/t53-,54?,55-,56-,57-,62-,63-/m0/s1. The summed E-state index contributed by atoms with van der Waals surface area (Å²) in [5.74, 6) is -8.31. The second-order valence-corrected chi connectivity index (χ2v) is 30.9. The van der Waals surface area contributed by atoms with E-state index < -0.39 is 167 Å². The first-order valence-electron chi connectivity index (χ1n) is 37.0. The van der Waals surface area contributed by atoms with Crippen molar-refractivity contribution in [2.75, 3.05) is 88.6 Å². The lowest BCUT2D eigenvalue weighted by Gasteiger charge is -2.43. The monoisotopic (exact) mass is 1440 g/mol. The van der Waals surface area contributed by atoms with Crippen LogP contribution in [0.4, 0.5) is 13.2 Å². The first kappa shape index (κ1) is 79.6. The number of aryl methyl sites for hydroxylation is 1. The minimum atomic E-state index is -4.76. The van der Waals surface area contributed by atoms with Gasteiger partial charge in [-0.05, 0) is 138 Å². The van der Waals surface area contributed by atoms with Crippen LogP contribution in [0.15, 0.2) is 18.2 Å². The Hall–Kier alpha value is -7.06. The van der Waals surface area contributed by atoms with Crippen LogP contribution in [0.2, 0.25) is 5.02 Å². The Kier molecular flexibility index (Phi) is 27.9. The largest absolute Gasteiger partial charge is 0.417 e. The molecule has 3 heterocycles. The number of hydrogen-bond donors (Lipinski definition) is 3. The first-order chi connectivity index (χ1) is 47.8. The van der Waals surface area contributed by atoms with Crippen LogP contribution in [0.3, 0.4) is 0 Å². The van der Waals surface area contributed by atoms with Crippen molar-refractivity contribution >= 4 is 82.5 Å². The van der Waals surface area contributed by atoms with E-state index in [2.05, 4.69) is 16.0 Å². The van der Waals surface area contributed by atoms with Crippen molar-refractivity contribution < 1.29 is 70.7 Å². The highest BCUT2D eigenvalue weighted by Crippen LogP contribution is 2.39. The van der Waals surface area contributed by atoms with Gasteiger partial charge < -0.3 is 60.0 Å². The summed E-state index contributed by atoms with van der Waals surface area (Å²) in [7, 11) is 10.1. The van der Waals surface area contributed by atoms with Gasteiger partial charge in [-0.3, -0.25) is 57.5 Å². The number of piperidine rings is 1. The Morgan fingerprint density at radius 1 is 0.584 bits per heavy atom. The van der Waals surface area contributed by atoms with Crippen molar-refractivity contribution in [1.29, 1.82) is 0 Å². The Morgan fingerprint density at radius 2 is 1.18 bits per heavy atom. The van der Waals surface area contributed by atoms with Gasteiger partial charge in [0.15, 0.2) is 0 Å². The van der Waals surface area contributed by atoms with Gasteiger partial charge in [0.25, 0.3) is 0 Å². The maximum atomic E-state index is 15.8. The molecule has 1 spiro atoms. The molecule has 562 valence electrons. The second-order valence-electron chi connectivity index (χ2n) is 30.5. The molecule has 1 aromatic carbocycles. The van der Waals surface area contributed by atoms with E-state index >= 15 is 28.8 Å². The van der Waals surface area contributed by atoms with Gasteiger partial charge in [0.2, 0.25) is 70.9 Å². The molecule has 24 nitrogen and oxygen atoms in total. The third-order valence-electron chi connectivity index (χ3n) is 22.8. The van der Waals surface area contributed by atoms with Crippen molar-refractivity contribution in [3.05, 3.63) is 34.3 Å². The average molecular weight is 1440 g/mol. The van der Waals surface area contributed by atoms with Crippen molar-refractivity contribution in [3.8, 4) is 0 Å². The van der Waals surface area contributed by atoms with Gasteiger partial charge in [-0.2, -0.15) is 13.2 Å². The van der Waals surface area contributed by atoms with Gasteiger partial charge >= 0.3 is 6.18 Å². The highest BCUT2D eigenvalue weighted by molar-refractivity contribution is 6.31. The molecule has 1 aromatic rings. The number of carbonyl (C=O) groups excluding carboxylic acids is 12. The Bertz CT molecular complexity index is 3170. The molecule has 7 aliphatic rings. The number of hydrogen-bond acceptors (Lipinski definition) is 12. The van der Waals surface area contributed by atoms with Crippen molar-refractivity contribution in [2.24, 2.45) is 23.7 Å². The predicted molar refractivity (Wildman–Crippen MR) is 371 cm³/mol. The van der Waals surface area contributed by atoms with E-state index in [1.807, 2.05) is 13.8 Å². The fraction of sp³-hybridized carbons (Fsp3) is 0.753. The maximum absolute atomic E-state index is 15.8. The van der Waals surface area contributed by atoms with Gasteiger partial charge in [0, 0.05) is 69.0 Å². The van der Waals surface area contributed by atoms with Crippen LogP contribution in [-0.2, 0) is 70.1 Å². The number of likely N-dealkylation sites (N-methyl/N-ethyl adjacent to an activating group) is 7. The summed E-state index contributed by atoms with van der Waals surface area (Å²) in [6.07, 6.45) is 8.79. The van der Waals surface area contributed by atoms with E-state index in [4.69, 9.17) is 11.6 Å². The fourth-order valence-corrected chi connectivity index (χ4v) is 16.6. The normalized spacial score (nSPS) is 27.3. The van der Waals surface area contributed by atoms with E-state index in [9.17, 15) is 41.9 Å². The second kappa shape index (κ2) is 35.4. The lowest BCUT2D eigenvalue weighted by atomic mass is 9.79. The van der Waals surface area contributed by atoms with E-state index in [0.29, 0.717) is 76.4 Å². The van der Waals surface area contributed by atoms with E-state index in [1.165, 1.54) is 84.8 Å². The number of halogens is 4. The number of carbonyl (C=O) groups is 12. The number of nitrogens with zero attached hydrogens (tertiary/aromatic N) is 9. The van der Waals surface area contributed by atoms with Crippen molar-refractivity contribution in [3.63, 3.8) is 0 Å². The molecule has 3 aliphatic heterocycles. The van der Waals surface area contributed by atoms with E-state index in [1.54, 1.807) is 4.90 Å². The molecule has 101 heavy (non-hydrogen) atoms. The summed E-state index contributed by atoms with van der Waals surface area (Å²) in [6, 6.07) is -5.37. The quantitative estimate of drug-likeness (QED) is 0.237. The molecule has 4 saturated carbocycles. The Balaban J connectivity index is 1.17. The lowest BCUT2D eigenvalue weighted by Crippen LogP contribution is -2.65. The first-order valence-corrected chi connectivity index (χ1v) is 37.4. The molecule has 7 fully saturated rings. The van der Waals surface area contributed by atoms with Gasteiger partial charge in [-0.25, -0.2) is 0 Å². The molecule has 1 unspecified atom stereocenters. The average Bonchev–Trinajstić information content (AvgIpc) is 1.42. The molecule has 0 radical (unpaired) electrons. The zero-order valence-corrected chi connectivity index (χ0v) is 61.6. The van der Waals surface area contributed by atoms with Crippen molar-refractivity contribution in [2.45, 2.75) is 241 Å². The number of fused-ring (bicyclic) bond motifs is 1. The Morgan fingerprint density at radius 3 is 1.78 bits per heavy atom. The summed E-state index contributed by atoms with van der Waals surface area (Å²) in [5, 5.41) is 8.26. The number of amides is 12. The lowest BCUT2D eigenvalue weighted by molar-refractivity contribution is -0.157. The SMILES string of the molecule is CC(C)C[C@H]1C(=O)N[C@@H](C2CCC2)C(=O)N(C)CC(=O)N(C)CC(=O)N(C)[C@@H](CC2CCCCC2)C(=O)N(C)CC(=O)N[C@@H](CCc2ccc(C(F)(F)F)c(Cl)c2)C(=O)N2CCCC2C(=O)NC2(CCCC2)C(=O)N(C)[C@@H](C2CCCCC2)C(=O)N(C)[C@H](C(=O)N2CCCCC2)CC(=O)N1C. The summed E-state index contributed by atoms with van der Waals surface area (Å²) >= 11 is 6.17. The molecule has 3 N–H and O–H groups in total. The van der Waals surface area contributed by atoms with Crippen LogP contribution >= 0.6 is 11.6 Å². The molecule has 12 amide bonds. The molecular formula is C73H110ClF3N12O12. The van der Waals surface area contributed by atoms with Crippen LogP contribution < -0.4 is 16.0 Å². The topological polar surface area (TPSA) is 270 Å². The summed E-state index contributed by atoms with van der Waals surface area (Å²) in [6.45, 7) is 2.94. The van der Waals surface area contributed by atoms with Gasteiger partial charge in [0.1, 0.15) is 47.8 Å². The zero-order valence-electron chi connectivity index (χ0n) is 60.9. The van der Waals surface area contributed by atoms with E-state index in [0.717, 1.165) is 86.1 Å². The molecule has 28 heteroatoms. The fourth-order valence-electron chi connectivity index (χ4n) is 16.3. The highest BCUT2D eigenvalue weighted by Gasteiger charge is 2.52. The van der Waals surface area contributed by atoms with E-state index in [-0.39, 0.29) is 69.2 Å². The summed E-state index contributed by atoms with van der Waals surface area (Å²) < 4.78 is 41.7. The van der Waals surface area contributed by atoms with Gasteiger partial charge in [0.05, 0.1) is 36.6 Å². The minimum Gasteiger partial charge on any atom is -0.343 e. The molecule has 8 rings (SSSR count). The maximum Gasteiger partial charge on any atom is 0.417 e. The molecule has 0 aromatic heterocycles. The Labute approximate surface area is 598 Å². The molecule has 0 bridgehead atoms. The minimum absolute atomic E-state index is 0.0246. The number of benzene rings is 1. The number of likely N-dealkylation sites (tertiary alicyclic amines) is 1. The smallest absolute Gasteiger partial charge is 0.343 e. The van der Waals surface area contributed by atoms with Crippen LogP contribution in [0.25, 0.3) is 0 Å². The molecule has 4 aliphatic carbocycles. The predicted octanol–water partition coefficient (Wildman–Crippen LogP) is 6.18. The molecular weight excluding hydrogens is 1330 g/mol. The number of rotatable bonds is 10. The summed E-state index contributed by atoms with van der Waals surface area (Å²) in [4.78, 5) is 191. The van der Waals surface area contributed by atoms with Crippen LogP contribution in [-0.4, -0.2) is 251 Å². The van der Waals surface area contributed by atoms with Gasteiger partial charge in [-0.1, -0.05) is 102 Å². The third-order valence-corrected chi connectivity index (χ3v) is 23.1. The van der Waals surface area contributed by atoms with Crippen LogP contribution in [0.1, 0.15) is 192 Å². The van der Waals surface area contributed by atoms with Gasteiger partial charge in [-0.15, -0.1) is 0 Å². The molecule has 7 atom stereocenters.